The predicted octanol–water partition coefficient (Wildman–Crippen LogP) is -1.66. The number of nitrogens with zero attached hydrogens (tertiary/aromatic N) is 2. The highest BCUT2D eigenvalue weighted by Crippen LogP contribution is 2.42. The van der Waals surface area contributed by atoms with Gasteiger partial charge in [0.1, 0.15) is 12.1 Å². The number of aromatic nitrogens is 2. The number of halogens is 3. The van der Waals surface area contributed by atoms with Crippen molar-refractivity contribution in [1.29, 1.82) is 0 Å². The highest BCUT2D eigenvalue weighted by molar-refractivity contribution is 6.19. The van der Waals surface area contributed by atoms with E-state index in [1.165, 1.54) is 17.4 Å². The number of nitrogens with one attached hydrogen (secondary N) is 4. The second-order valence-corrected chi connectivity index (χ2v) is 9.63. The summed E-state index contributed by atoms with van der Waals surface area (Å²) in [4.78, 5) is 84.2. The number of hydrogen-bond acceptors (Lipinski definition) is 7. The Morgan fingerprint density at radius 3 is 2.37 bits per heavy atom. The Labute approximate surface area is 213 Å². The number of rotatable bonds is 8. The molecule has 4 atom stereocenters. The van der Waals surface area contributed by atoms with E-state index in [2.05, 4.69) is 20.6 Å². The molecule has 3 aliphatic heterocycles. The third kappa shape index (κ3) is 4.58. The summed E-state index contributed by atoms with van der Waals surface area (Å²) in [6.45, 7) is 0.145. The summed E-state index contributed by atoms with van der Waals surface area (Å²) in [6, 6.07) is -2.40. The summed E-state index contributed by atoms with van der Waals surface area (Å²) >= 11 is 0. The number of aromatic amines is 1. The lowest BCUT2D eigenvalue weighted by molar-refractivity contribution is -0.199. The zero-order valence-electron chi connectivity index (χ0n) is 20.0. The molecule has 5 amide bonds. The van der Waals surface area contributed by atoms with Crippen LogP contribution in [0.15, 0.2) is 12.5 Å². The summed E-state index contributed by atoms with van der Waals surface area (Å²) in [7, 11) is 0. The van der Waals surface area contributed by atoms with Gasteiger partial charge in [-0.25, -0.2) is 4.98 Å². The lowest BCUT2D eigenvalue weighted by Crippen LogP contribution is -2.73. The van der Waals surface area contributed by atoms with Gasteiger partial charge in [0.25, 0.3) is 5.91 Å². The highest BCUT2D eigenvalue weighted by atomic mass is 19.4. The Morgan fingerprint density at radius 1 is 1.16 bits per heavy atom. The number of alkyl halides is 3. The maximum Gasteiger partial charge on any atom is 0.418 e. The van der Waals surface area contributed by atoms with Crippen LogP contribution in [0.5, 0.6) is 0 Å². The van der Waals surface area contributed by atoms with Gasteiger partial charge in [0.2, 0.25) is 29.4 Å². The fraction of sp³-hybridized carbons (Fsp3) is 0.591. The molecule has 38 heavy (non-hydrogen) atoms. The fourth-order valence-electron chi connectivity index (χ4n) is 5.27. The molecule has 1 aromatic rings. The molecule has 1 unspecified atom stereocenters. The second-order valence-electron chi connectivity index (χ2n) is 9.63. The van der Waals surface area contributed by atoms with Crippen LogP contribution in [0.3, 0.4) is 0 Å². The van der Waals surface area contributed by atoms with Crippen LogP contribution in [0.1, 0.15) is 44.2 Å². The molecule has 3 saturated heterocycles. The van der Waals surface area contributed by atoms with E-state index in [1.807, 2.05) is 0 Å². The summed E-state index contributed by atoms with van der Waals surface area (Å²) in [6.07, 6.45) is -4.71. The molecule has 4 heterocycles. The number of Topliss-reactive ketones (excluding diaryl/α,β-unsaturated/α-hetero) is 1. The fourth-order valence-corrected chi connectivity index (χ4v) is 5.27. The first-order chi connectivity index (χ1) is 17.8. The van der Waals surface area contributed by atoms with E-state index in [0.29, 0.717) is 12.1 Å². The van der Waals surface area contributed by atoms with Gasteiger partial charge in [-0.05, 0) is 25.7 Å². The molecule has 0 aliphatic carbocycles. The smallest absolute Gasteiger partial charge is 0.368 e. The lowest BCUT2D eigenvalue weighted by Gasteiger charge is -2.38. The first-order valence-electron chi connectivity index (χ1n) is 11.9. The Morgan fingerprint density at radius 2 is 1.84 bits per heavy atom. The zero-order chi connectivity index (χ0) is 27.9. The molecule has 0 saturated carbocycles. The SMILES string of the molecule is NC(=O)[C@@H]1CCCN1C(=O)[C@H](Cc1cnc[nH]1)NC(=O)[C@@]1(C(=O)C2(C(F)(F)F)CCC(=O)N2)CCC(=O)N1. The third-order valence-electron chi connectivity index (χ3n) is 7.25. The molecule has 0 aromatic carbocycles. The number of H-pyrrole nitrogens is 1. The number of likely N-dealkylation sites (tertiary alicyclic amines) is 1. The van der Waals surface area contributed by atoms with Crippen molar-refractivity contribution in [3.05, 3.63) is 18.2 Å². The number of imidazole rings is 1. The zero-order valence-corrected chi connectivity index (χ0v) is 20.0. The maximum atomic E-state index is 14.2. The van der Waals surface area contributed by atoms with Crippen molar-refractivity contribution < 1.29 is 41.9 Å². The van der Waals surface area contributed by atoms with E-state index in [-0.39, 0.29) is 19.4 Å². The Hall–Kier alpha value is -3.98. The Balaban J connectivity index is 1.68. The number of hydrogen-bond donors (Lipinski definition) is 5. The van der Waals surface area contributed by atoms with Crippen LogP contribution in [-0.4, -0.2) is 86.1 Å². The number of amides is 5. The van der Waals surface area contributed by atoms with Gasteiger partial charge in [0, 0.05) is 37.7 Å². The molecular formula is C22H26F3N7O6. The van der Waals surface area contributed by atoms with Gasteiger partial charge in [-0.1, -0.05) is 0 Å². The van der Waals surface area contributed by atoms with Gasteiger partial charge in [-0.2, -0.15) is 13.2 Å². The van der Waals surface area contributed by atoms with Crippen LogP contribution in [0, 0.1) is 0 Å². The summed E-state index contributed by atoms with van der Waals surface area (Å²) in [5.74, 6) is -6.47. The molecule has 206 valence electrons. The molecule has 4 rings (SSSR count). The molecular weight excluding hydrogens is 515 g/mol. The minimum Gasteiger partial charge on any atom is -0.368 e. The minimum atomic E-state index is -5.27. The molecule has 3 fully saturated rings. The number of nitrogens with two attached hydrogens (primary N) is 1. The third-order valence-corrected chi connectivity index (χ3v) is 7.25. The quantitative estimate of drug-likeness (QED) is 0.243. The normalized spacial score (nSPS) is 28.1. The van der Waals surface area contributed by atoms with E-state index in [0.717, 1.165) is 0 Å². The number of ketones is 1. The first kappa shape index (κ1) is 27.1. The van der Waals surface area contributed by atoms with Crippen molar-refractivity contribution in [1.82, 2.24) is 30.8 Å². The van der Waals surface area contributed by atoms with Crippen molar-refractivity contribution in [3.8, 4) is 0 Å². The van der Waals surface area contributed by atoms with Crippen molar-refractivity contribution in [2.75, 3.05) is 6.54 Å². The molecule has 3 aliphatic rings. The molecule has 13 nitrogen and oxygen atoms in total. The number of primary amides is 1. The largest absolute Gasteiger partial charge is 0.418 e. The van der Waals surface area contributed by atoms with Crippen LogP contribution in [0.25, 0.3) is 0 Å². The average Bonchev–Trinajstić information content (AvgIpc) is 3.64. The van der Waals surface area contributed by atoms with Crippen molar-refractivity contribution in [2.24, 2.45) is 5.73 Å². The van der Waals surface area contributed by atoms with E-state index in [9.17, 15) is 41.9 Å². The molecule has 6 N–H and O–H groups in total. The van der Waals surface area contributed by atoms with Gasteiger partial charge >= 0.3 is 6.18 Å². The molecule has 0 bridgehead atoms. The Kier molecular flexibility index (Phi) is 6.92. The van der Waals surface area contributed by atoms with Crippen LogP contribution in [0.4, 0.5) is 13.2 Å². The molecule has 16 heteroatoms. The van der Waals surface area contributed by atoms with Crippen LogP contribution in [0.2, 0.25) is 0 Å². The standard InChI is InChI=1S/C22H26F3N7O6/c23-22(24,25)21(6-4-15(34)31-21)18(37)20(5-3-14(33)30-20)19(38)29-12(8-11-9-27-10-28-11)17(36)32-7-1-2-13(32)16(26)35/h9-10,12-13H,1-8H2,(H2,26,35)(H,27,28)(H,29,38)(H,30,33)(H,31,34)/t12-,13-,20-,21?/m0/s1. The number of carbonyl (C=O) groups excluding carboxylic acids is 6. The van der Waals surface area contributed by atoms with Gasteiger partial charge in [-0.3, -0.25) is 28.8 Å². The molecule has 0 spiro atoms. The van der Waals surface area contributed by atoms with E-state index in [1.54, 1.807) is 5.32 Å². The second kappa shape index (κ2) is 9.72. The summed E-state index contributed by atoms with van der Waals surface area (Å²) in [5.41, 5.74) is -0.328. The van der Waals surface area contributed by atoms with Crippen LogP contribution >= 0.6 is 0 Å². The topological polar surface area (TPSA) is 196 Å². The van der Waals surface area contributed by atoms with Crippen molar-refractivity contribution in [3.63, 3.8) is 0 Å². The van der Waals surface area contributed by atoms with Gasteiger partial charge < -0.3 is 31.6 Å². The van der Waals surface area contributed by atoms with E-state index >= 15 is 0 Å². The number of carbonyl (C=O) groups is 6. The molecule has 1 aromatic heterocycles. The van der Waals surface area contributed by atoms with Gasteiger partial charge in [0.15, 0.2) is 11.1 Å². The van der Waals surface area contributed by atoms with E-state index in [4.69, 9.17) is 5.73 Å². The van der Waals surface area contributed by atoms with Gasteiger partial charge in [-0.15, -0.1) is 0 Å². The highest BCUT2D eigenvalue weighted by Gasteiger charge is 2.70. The van der Waals surface area contributed by atoms with Crippen molar-refractivity contribution >= 4 is 35.3 Å². The van der Waals surface area contributed by atoms with Crippen molar-refractivity contribution in [2.45, 2.75) is 74.3 Å². The molecule has 0 radical (unpaired) electrons. The monoisotopic (exact) mass is 541 g/mol. The van der Waals surface area contributed by atoms with E-state index < -0.39 is 90.3 Å². The summed E-state index contributed by atoms with van der Waals surface area (Å²) < 4.78 is 42.6. The average molecular weight is 541 g/mol. The first-order valence-corrected chi connectivity index (χ1v) is 11.9. The Bertz CT molecular complexity index is 1170. The predicted molar refractivity (Wildman–Crippen MR) is 119 cm³/mol. The lowest BCUT2D eigenvalue weighted by atomic mass is 9.77. The van der Waals surface area contributed by atoms with Crippen LogP contribution < -0.4 is 21.7 Å². The van der Waals surface area contributed by atoms with Crippen LogP contribution in [-0.2, 0) is 35.2 Å². The van der Waals surface area contributed by atoms with Gasteiger partial charge in [0.05, 0.1) is 6.33 Å². The minimum absolute atomic E-state index is 0.145. The maximum absolute atomic E-state index is 14.2. The summed E-state index contributed by atoms with van der Waals surface area (Å²) in [5, 5.41) is 6.09.